The number of aromatic nitrogens is 1. The summed E-state index contributed by atoms with van der Waals surface area (Å²) < 4.78 is 0. The molecular formula is C22H19ClN6O3. The first kappa shape index (κ1) is 22.6. The summed E-state index contributed by atoms with van der Waals surface area (Å²) in [6.07, 6.45) is 1.38. The van der Waals surface area contributed by atoms with Crippen LogP contribution in [0.3, 0.4) is 0 Å². The number of amidine groups is 1. The van der Waals surface area contributed by atoms with Gasteiger partial charge in [0.05, 0.1) is 16.3 Å². The second-order valence-corrected chi connectivity index (χ2v) is 7.35. The summed E-state index contributed by atoms with van der Waals surface area (Å²) in [6, 6.07) is 13.7. The molecule has 3 N–H and O–H groups in total. The predicted octanol–water partition coefficient (Wildman–Crippen LogP) is 4.52. The maximum atomic E-state index is 12.8. The second-order valence-electron chi connectivity index (χ2n) is 6.91. The zero-order valence-electron chi connectivity index (χ0n) is 17.2. The fourth-order valence-corrected chi connectivity index (χ4v) is 2.86. The number of halogens is 1. The van der Waals surface area contributed by atoms with Gasteiger partial charge in [0.1, 0.15) is 17.3 Å². The van der Waals surface area contributed by atoms with E-state index < -0.39 is 11.8 Å². The molecule has 0 aliphatic rings. The van der Waals surface area contributed by atoms with Gasteiger partial charge in [-0.1, -0.05) is 23.7 Å². The van der Waals surface area contributed by atoms with Gasteiger partial charge >= 0.3 is 0 Å². The molecule has 0 aliphatic carbocycles. The van der Waals surface area contributed by atoms with Crippen LogP contribution in [0.15, 0.2) is 66.0 Å². The largest absolute Gasteiger partial charge is 0.363 e. The highest BCUT2D eigenvalue weighted by Gasteiger charge is 2.17. The van der Waals surface area contributed by atoms with E-state index in [0.29, 0.717) is 22.0 Å². The number of rotatable bonds is 6. The van der Waals surface area contributed by atoms with Gasteiger partial charge in [0, 0.05) is 31.4 Å². The first-order valence-electron chi connectivity index (χ1n) is 9.36. The Morgan fingerprint density at radius 2 is 1.66 bits per heavy atom. The van der Waals surface area contributed by atoms with Crippen molar-refractivity contribution in [3.8, 4) is 0 Å². The molecule has 162 valence electrons. The Bertz CT molecular complexity index is 1180. The molecule has 0 fully saturated rings. The Morgan fingerprint density at radius 1 is 0.969 bits per heavy atom. The molecule has 2 amide bonds. The van der Waals surface area contributed by atoms with Gasteiger partial charge in [-0.05, 0) is 47.6 Å². The molecule has 0 unspecified atom stereocenters. The topological polar surface area (TPSA) is 128 Å². The van der Waals surface area contributed by atoms with Crippen LogP contribution in [-0.4, -0.2) is 41.6 Å². The zero-order valence-corrected chi connectivity index (χ0v) is 18.0. The van der Waals surface area contributed by atoms with Crippen LogP contribution in [0.4, 0.5) is 17.2 Å². The monoisotopic (exact) mass is 450 g/mol. The third-order valence-electron chi connectivity index (χ3n) is 4.44. The summed E-state index contributed by atoms with van der Waals surface area (Å²) in [5, 5.41) is 16.5. The standard InChI is InChI=1S/C22H19ClN6O3/c1-29(2)20(24)13-3-5-14(6-4-13)21(30)26-18-9-8-16(28-32)11-17(18)22(31)27-19-10-7-15(23)12-25-19/h3-12,24H,1-2H3,(H,26,30)(H,25,27,31). The maximum absolute atomic E-state index is 12.8. The highest BCUT2D eigenvalue weighted by molar-refractivity contribution is 6.30. The summed E-state index contributed by atoms with van der Waals surface area (Å²) >= 11 is 5.80. The fourth-order valence-electron chi connectivity index (χ4n) is 2.75. The van der Waals surface area contributed by atoms with Crippen molar-refractivity contribution in [1.29, 1.82) is 5.41 Å². The second kappa shape index (κ2) is 9.80. The molecular weight excluding hydrogens is 432 g/mol. The third kappa shape index (κ3) is 5.32. The summed E-state index contributed by atoms with van der Waals surface area (Å²) in [6.45, 7) is 0. The Labute approximate surface area is 188 Å². The molecule has 0 bridgehead atoms. The van der Waals surface area contributed by atoms with Crippen molar-refractivity contribution < 1.29 is 9.59 Å². The quantitative estimate of drug-likeness (QED) is 0.289. The van der Waals surface area contributed by atoms with Crippen LogP contribution in [0.5, 0.6) is 0 Å². The SMILES string of the molecule is CN(C)C(=N)c1ccc(C(=O)Nc2ccc(N=O)cc2C(=O)Nc2ccc(Cl)cn2)cc1. The number of hydrogen-bond acceptors (Lipinski definition) is 6. The van der Waals surface area contributed by atoms with E-state index in [1.165, 1.54) is 30.5 Å². The molecule has 3 aromatic rings. The third-order valence-corrected chi connectivity index (χ3v) is 4.66. The molecule has 0 aliphatic heterocycles. The van der Waals surface area contributed by atoms with Crippen LogP contribution in [-0.2, 0) is 0 Å². The van der Waals surface area contributed by atoms with Gasteiger partial charge in [0.15, 0.2) is 0 Å². The number of benzene rings is 2. The zero-order chi connectivity index (χ0) is 23.3. The Kier molecular flexibility index (Phi) is 6.91. The predicted molar refractivity (Wildman–Crippen MR) is 124 cm³/mol. The first-order chi connectivity index (χ1) is 15.3. The highest BCUT2D eigenvalue weighted by atomic mass is 35.5. The molecule has 0 saturated heterocycles. The molecule has 10 heteroatoms. The lowest BCUT2D eigenvalue weighted by Crippen LogP contribution is -2.22. The van der Waals surface area contributed by atoms with Crippen molar-refractivity contribution in [2.45, 2.75) is 0 Å². The van der Waals surface area contributed by atoms with Crippen molar-refractivity contribution in [3.63, 3.8) is 0 Å². The van der Waals surface area contributed by atoms with Crippen molar-refractivity contribution in [3.05, 3.63) is 87.4 Å². The average Bonchev–Trinajstić information content (AvgIpc) is 2.80. The summed E-state index contributed by atoms with van der Waals surface area (Å²) in [4.78, 5) is 42.1. The summed E-state index contributed by atoms with van der Waals surface area (Å²) in [7, 11) is 3.51. The summed E-state index contributed by atoms with van der Waals surface area (Å²) in [5.41, 5.74) is 1.26. The smallest absolute Gasteiger partial charge is 0.259 e. The van der Waals surface area contributed by atoms with Gasteiger partial charge in [-0.25, -0.2) is 4.98 Å². The average molecular weight is 451 g/mol. The van der Waals surface area contributed by atoms with Gasteiger partial charge in [-0.15, -0.1) is 4.91 Å². The van der Waals surface area contributed by atoms with Gasteiger partial charge in [-0.2, -0.15) is 0 Å². The molecule has 1 heterocycles. The lowest BCUT2D eigenvalue weighted by molar-refractivity contribution is 0.102. The lowest BCUT2D eigenvalue weighted by atomic mass is 10.1. The van der Waals surface area contributed by atoms with Crippen LogP contribution in [0.1, 0.15) is 26.3 Å². The molecule has 9 nitrogen and oxygen atoms in total. The van der Waals surface area contributed by atoms with Crippen molar-refractivity contribution in [2.24, 2.45) is 5.18 Å². The molecule has 0 atom stereocenters. The number of hydrogen-bond donors (Lipinski definition) is 3. The Morgan fingerprint density at radius 3 is 2.25 bits per heavy atom. The van der Waals surface area contributed by atoms with Crippen molar-refractivity contribution in [1.82, 2.24) is 9.88 Å². The van der Waals surface area contributed by atoms with Gasteiger partial charge in [0.2, 0.25) is 0 Å². The van der Waals surface area contributed by atoms with Crippen LogP contribution in [0, 0.1) is 10.3 Å². The highest BCUT2D eigenvalue weighted by Crippen LogP contribution is 2.24. The molecule has 3 rings (SSSR count). The fraction of sp³-hybridized carbons (Fsp3) is 0.0909. The number of nitrogens with one attached hydrogen (secondary N) is 3. The van der Waals surface area contributed by atoms with Gasteiger partial charge in [-0.3, -0.25) is 15.0 Å². The van der Waals surface area contributed by atoms with Crippen molar-refractivity contribution >= 4 is 46.4 Å². The van der Waals surface area contributed by atoms with E-state index in [9.17, 15) is 14.5 Å². The molecule has 0 spiro atoms. The van der Waals surface area contributed by atoms with E-state index >= 15 is 0 Å². The lowest BCUT2D eigenvalue weighted by Gasteiger charge is -2.14. The molecule has 2 aromatic carbocycles. The van der Waals surface area contributed by atoms with Crippen LogP contribution >= 0.6 is 11.6 Å². The minimum absolute atomic E-state index is 0.0313. The van der Waals surface area contributed by atoms with E-state index in [-0.39, 0.29) is 22.8 Å². The number of pyridine rings is 1. The minimum Gasteiger partial charge on any atom is -0.363 e. The molecule has 32 heavy (non-hydrogen) atoms. The first-order valence-corrected chi connectivity index (χ1v) is 9.74. The number of nitrogens with zero attached hydrogens (tertiary/aromatic N) is 3. The summed E-state index contributed by atoms with van der Waals surface area (Å²) in [5.74, 6) is -0.488. The van der Waals surface area contributed by atoms with E-state index in [0.717, 1.165) is 0 Å². The van der Waals surface area contributed by atoms with E-state index in [1.807, 2.05) is 0 Å². The van der Waals surface area contributed by atoms with Crippen LogP contribution < -0.4 is 10.6 Å². The molecule has 0 saturated carbocycles. The molecule has 1 aromatic heterocycles. The van der Waals surface area contributed by atoms with Gasteiger partial charge in [0.25, 0.3) is 11.8 Å². The number of carbonyl (C=O) groups is 2. The number of amides is 2. The van der Waals surface area contributed by atoms with Crippen molar-refractivity contribution in [2.75, 3.05) is 24.7 Å². The van der Waals surface area contributed by atoms with Crippen LogP contribution in [0.2, 0.25) is 5.02 Å². The molecule has 0 radical (unpaired) electrons. The Hall–Kier alpha value is -4.11. The van der Waals surface area contributed by atoms with E-state index in [2.05, 4.69) is 20.8 Å². The minimum atomic E-state index is -0.588. The maximum Gasteiger partial charge on any atom is 0.259 e. The Balaban J connectivity index is 1.83. The normalized spacial score (nSPS) is 10.2. The van der Waals surface area contributed by atoms with Gasteiger partial charge < -0.3 is 15.5 Å². The van der Waals surface area contributed by atoms with E-state index in [4.69, 9.17) is 17.0 Å². The van der Waals surface area contributed by atoms with E-state index in [1.54, 1.807) is 49.3 Å². The number of nitroso groups, excluding NO2 is 1. The number of carbonyl (C=O) groups excluding carboxylic acids is 2. The van der Waals surface area contributed by atoms with Crippen LogP contribution in [0.25, 0.3) is 0 Å². The number of anilines is 2.